The molecule has 0 heterocycles. The Bertz CT molecular complexity index is 187. The Morgan fingerprint density at radius 3 is 2.73 bits per heavy atom. The molecule has 0 aliphatic heterocycles. The molecule has 2 unspecified atom stereocenters. The fourth-order valence-corrected chi connectivity index (χ4v) is 2.23. The number of hydrogen-bond acceptors (Lipinski definition) is 2. The summed E-state index contributed by atoms with van der Waals surface area (Å²) < 4.78 is 12.8. The van der Waals surface area contributed by atoms with Gasteiger partial charge in [0.15, 0.2) is 0 Å². The van der Waals surface area contributed by atoms with Crippen molar-refractivity contribution in [3.8, 4) is 0 Å². The molecule has 3 heteroatoms. The highest BCUT2D eigenvalue weighted by atomic mass is 32.3. The predicted molar refractivity (Wildman–Crippen MR) is 51.9 cm³/mol. The second-order valence-corrected chi connectivity index (χ2v) is 5.62. The van der Waals surface area contributed by atoms with Crippen LogP contribution in [0.3, 0.4) is 0 Å². The van der Waals surface area contributed by atoms with Crippen LogP contribution in [-0.4, -0.2) is 23.1 Å². The molecule has 0 spiro atoms. The minimum absolute atomic E-state index is 0.275. The Labute approximate surface area is 69.7 Å². The van der Waals surface area contributed by atoms with Crippen molar-refractivity contribution in [1.29, 1.82) is 0 Å². The first-order valence-corrected chi connectivity index (χ1v) is 5.74. The van der Waals surface area contributed by atoms with Gasteiger partial charge >= 0.3 is 0 Å². The zero-order valence-corrected chi connectivity index (χ0v) is 7.77. The van der Waals surface area contributed by atoms with Gasteiger partial charge in [0.25, 0.3) is 0 Å². The van der Waals surface area contributed by atoms with E-state index < -0.39 is 10.5 Å². The molecule has 0 aromatic rings. The maximum atomic E-state index is 9.84. The summed E-state index contributed by atoms with van der Waals surface area (Å²) in [6.45, 7) is 0. The van der Waals surface area contributed by atoms with Gasteiger partial charge in [0, 0.05) is 11.5 Å². The zero-order chi connectivity index (χ0) is 8.32. The topological polar surface area (TPSA) is 32.3 Å². The molecule has 2 atom stereocenters. The smallest absolute Gasteiger partial charge is 0.0440 e. The van der Waals surface area contributed by atoms with Crippen LogP contribution in [0.5, 0.6) is 0 Å². The Balaban J connectivity index is 2.61. The number of nitrogens with one attached hydrogen (secondary N) is 1. The fraction of sp³-hybridized carbons (Fsp3) is 0.500. The van der Waals surface area contributed by atoms with Crippen LogP contribution in [0.4, 0.5) is 0 Å². The molecular weight excluding hydrogens is 158 g/mol. The lowest BCUT2D eigenvalue weighted by atomic mass is 10.2. The van der Waals surface area contributed by atoms with Gasteiger partial charge in [0.05, 0.1) is 0 Å². The van der Waals surface area contributed by atoms with Gasteiger partial charge in [-0.2, -0.15) is 0 Å². The van der Waals surface area contributed by atoms with E-state index in [1.54, 1.807) is 0 Å². The van der Waals surface area contributed by atoms with Crippen molar-refractivity contribution in [2.45, 2.75) is 11.7 Å². The van der Waals surface area contributed by atoms with Crippen molar-refractivity contribution in [3.05, 3.63) is 24.3 Å². The van der Waals surface area contributed by atoms with Crippen LogP contribution in [0, 0.1) is 0 Å². The van der Waals surface area contributed by atoms with Crippen molar-refractivity contribution in [3.63, 3.8) is 0 Å². The number of rotatable bonds is 2. The van der Waals surface area contributed by atoms with Gasteiger partial charge in [0.2, 0.25) is 0 Å². The van der Waals surface area contributed by atoms with Crippen LogP contribution in [0.2, 0.25) is 0 Å². The summed E-state index contributed by atoms with van der Waals surface area (Å²) in [7, 11) is 0.198. The van der Waals surface area contributed by atoms with Crippen LogP contribution in [0.15, 0.2) is 24.3 Å². The van der Waals surface area contributed by atoms with Gasteiger partial charge in [-0.05, 0) is 13.5 Å². The Morgan fingerprint density at radius 2 is 2.27 bits per heavy atom. The summed E-state index contributed by atoms with van der Waals surface area (Å²) in [5.41, 5.74) is 0. The van der Waals surface area contributed by atoms with Crippen LogP contribution >= 0.6 is 10.5 Å². The normalized spacial score (nSPS) is 31.4. The van der Waals surface area contributed by atoms with Crippen molar-refractivity contribution < 1.29 is 4.55 Å². The molecule has 0 saturated heterocycles. The van der Waals surface area contributed by atoms with Crippen molar-refractivity contribution >= 4 is 10.5 Å². The van der Waals surface area contributed by atoms with Crippen LogP contribution < -0.4 is 4.72 Å². The molecular formula is C8H15NOS. The van der Waals surface area contributed by atoms with Crippen molar-refractivity contribution in [1.82, 2.24) is 4.72 Å². The third-order valence-corrected chi connectivity index (χ3v) is 4.30. The van der Waals surface area contributed by atoms with Crippen molar-refractivity contribution in [2.24, 2.45) is 0 Å². The third kappa shape index (κ3) is 2.09. The van der Waals surface area contributed by atoms with E-state index >= 15 is 0 Å². The molecule has 1 aliphatic rings. The average Bonchev–Trinajstić information content (AvgIpc) is 2.06. The molecule has 2 nitrogen and oxygen atoms in total. The minimum atomic E-state index is -1.61. The summed E-state index contributed by atoms with van der Waals surface area (Å²) >= 11 is 0. The van der Waals surface area contributed by atoms with E-state index in [2.05, 4.69) is 16.9 Å². The van der Waals surface area contributed by atoms with Gasteiger partial charge in [-0.25, -0.2) is 0 Å². The molecule has 0 aromatic carbocycles. The first-order chi connectivity index (χ1) is 5.17. The largest absolute Gasteiger partial charge is 0.338 e. The molecule has 2 N–H and O–H groups in total. The maximum Gasteiger partial charge on any atom is 0.0440 e. The zero-order valence-electron chi connectivity index (χ0n) is 6.95. The van der Waals surface area contributed by atoms with Gasteiger partial charge in [-0.15, -0.1) is 0 Å². The molecule has 0 saturated carbocycles. The first kappa shape index (κ1) is 8.84. The monoisotopic (exact) mass is 173 g/mol. The van der Waals surface area contributed by atoms with E-state index in [-0.39, 0.29) is 5.25 Å². The lowest BCUT2D eigenvalue weighted by Gasteiger charge is -2.35. The lowest BCUT2D eigenvalue weighted by Crippen LogP contribution is -2.25. The fourth-order valence-electron chi connectivity index (χ4n) is 1.05. The first-order valence-electron chi connectivity index (χ1n) is 3.68. The van der Waals surface area contributed by atoms with E-state index in [0.29, 0.717) is 0 Å². The van der Waals surface area contributed by atoms with E-state index in [1.807, 2.05) is 25.5 Å². The van der Waals surface area contributed by atoms with Crippen LogP contribution in [-0.2, 0) is 0 Å². The summed E-state index contributed by atoms with van der Waals surface area (Å²) in [4.78, 5) is 0. The highest BCUT2D eigenvalue weighted by Gasteiger charge is 2.21. The van der Waals surface area contributed by atoms with E-state index in [1.165, 1.54) is 0 Å². The second-order valence-electron chi connectivity index (χ2n) is 2.73. The molecule has 0 amide bonds. The van der Waals surface area contributed by atoms with E-state index in [4.69, 9.17) is 0 Å². The Morgan fingerprint density at radius 1 is 1.55 bits per heavy atom. The average molecular weight is 173 g/mol. The standard InChI is InChI=1S/C8H15NOS/c1-9-11(2,10)8-6-4-3-5-7-8/h3-6,8-10H,7H2,1-2H3. The molecule has 0 bridgehead atoms. The molecule has 1 rings (SSSR count). The predicted octanol–water partition coefficient (Wildman–Crippen LogP) is 1.91. The van der Waals surface area contributed by atoms with E-state index in [0.717, 1.165) is 6.42 Å². The number of hydrogen-bond donors (Lipinski definition) is 2. The molecule has 11 heavy (non-hydrogen) atoms. The summed E-state index contributed by atoms with van der Waals surface area (Å²) in [6, 6.07) is 0. The summed E-state index contributed by atoms with van der Waals surface area (Å²) in [5, 5.41) is 0.275. The second kappa shape index (κ2) is 3.43. The van der Waals surface area contributed by atoms with Gasteiger partial charge in [-0.3, -0.25) is 4.72 Å². The third-order valence-electron chi connectivity index (χ3n) is 1.94. The Hall–Kier alpha value is -0.250. The quantitative estimate of drug-likeness (QED) is 0.668. The molecule has 0 fully saturated rings. The lowest BCUT2D eigenvalue weighted by molar-refractivity contribution is 0.611. The van der Waals surface area contributed by atoms with Crippen LogP contribution in [0.1, 0.15) is 6.42 Å². The van der Waals surface area contributed by atoms with Gasteiger partial charge < -0.3 is 4.55 Å². The summed E-state index contributed by atoms with van der Waals surface area (Å²) in [6.07, 6.45) is 11.0. The maximum absolute atomic E-state index is 9.84. The van der Waals surface area contributed by atoms with Crippen molar-refractivity contribution in [2.75, 3.05) is 13.3 Å². The van der Waals surface area contributed by atoms with E-state index in [9.17, 15) is 4.55 Å². The SMILES string of the molecule is CNS(C)(O)C1C=CC=CC1. The Kier molecular flexibility index (Phi) is 2.76. The molecule has 1 aliphatic carbocycles. The number of allylic oxidation sites excluding steroid dienone is 3. The molecule has 0 radical (unpaired) electrons. The minimum Gasteiger partial charge on any atom is -0.338 e. The highest BCUT2D eigenvalue weighted by Crippen LogP contribution is 2.42. The van der Waals surface area contributed by atoms with Crippen LogP contribution in [0.25, 0.3) is 0 Å². The molecule has 64 valence electrons. The van der Waals surface area contributed by atoms with Gasteiger partial charge in [0.1, 0.15) is 0 Å². The van der Waals surface area contributed by atoms with Gasteiger partial charge in [-0.1, -0.05) is 34.8 Å². The highest BCUT2D eigenvalue weighted by molar-refractivity contribution is 8.27. The summed E-state index contributed by atoms with van der Waals surface area (Å²) in [5.74, 6) is 0. The molecule has 0 aromatic heterocycles.